The molecular weight excluding hydrogens is 540 g/mol. The van der Waals surface area contributed by atoms with Crippen molar-refractivity contribution in [3.8, 4) is 0 Å². The summed E-state index contributed by atoms with van der Waals surface area (Å²) in [5.41, 5.74) is 13.8. The molecule has 5 heterocycles. The van der Waals surface area contributed by atoms with Crippen LogP contribution < -0.4 is 5.32 Å². The molecule has 43 heavy (non-hydrogen) atoms. The zero-order chi connectivity index (χ0) is 30.6. The Bertz CT molecular complexity index is 1730. The second-order valence-electron chi connectivity index (χ2n) is 11.7. The van der Waals surface area contributed by atoms with Gasteiger partial charge in [-0.1, -0.05) is 26.0 Å². The molecule has 0 unspecified atom stereocenters. The number of carbonyl (C=O) groups is 1. The molecule has 1 fully saturated rings. The van der Waals surface area contributed by atoms with E-state index < -0.39 is 0 Å². The second kappa shape index (κ2) is 11.1. The predicted molar refractivity (Wildman–Crippen MR) is 170 cm³/mol. The van der Waals surface area contributed by atoms with E-state index in [-0.39, 0.29) is 24.4 Å². The van der Waals surface area contributed by atoms with Crippen LogP contribution in [-0.2, 0) is 9.53 Å². The van der Waals surface area contributed by atoms with Gasteiger partial charge < -0.3 is 20.3 Å². The predicted octanol–water partition coefficient (Wildman–Crippen LogP) is 6.16. The van der Waals surface area contributed by atoms with E-state index in [0.29, 0.717) is 25.0 Å². The Balaban J connectivity index is 1.59. The summed E-state index contributed by atoms with van der Waals surface area (Å²) in [6, 6.07) is 0. The van der Waals surface area contributed by atoms with Crippen LogP contribution in [0.4, 0.5) is 0 Å². The molecule has 6 aliphatic rings. The number of nitrogens with zero attached hydrogens (tertiary/aromatic N) is 3. The summed E-state index contributed by atoms with van der Waals surface area (Å²) in [6.07, 6.45) is 11.9. The van der Waals surface area contributed by atoms with E-state index in [4.69, 9.17) is 19.7 Å². The summed E-state index contributed by atoms with van der Waals surface area (Å²) in [7, 11) is 1.41. The lowest BCUT2D eigenvalue weighted by molar-refractivity contribution is -0.140. The molecule has 5 aliphatic heterocycles. The second-order valence-corrected chi connectivity index (χ2v) is 11.7. The van der Waals surface area contributed by atoms with Gasteiger partial charge in [0.2, 0.25) is 0 Å². The number of aliphatic imine (C=N–C) groups is 3. The van der Waals surface area contributed by atoms with Gasteiger partial charge in [-0.3, -0.25) is 4.79 Å². The highest BCUT2D eigenvalue weighted by atomic mass is 16.5. The molecule has 8 bridgehead atoms. The minimum absolute atomic E-state index is 0.00231. The number of fused-ring (bicyclic) bond motifs is 5. The third-order valence-electron chi connectivity index (χ3n) is 9.38. The van der Waals surface area contributed by atoms with Gasteiger partial charge >= 0.3 is 5.97 Å². The molecule has 2 atom stereocenters. The van der Waals surface area contributed by atoms with Gasteiger partial charge in [-0.15, -0.1) is 0 Å². The molecule has 3 N–H and O–H groups in total. The Morgan fingerprint density at radius 1 is 1.07 bits per heavy atom. The highest BCUT2D eigenvalue weighted by molar-refractivity contribution is 6.21. The van der Waals surface area contributed by atoms with E-state index in [2.05, 4.69) is 32.2 Å². The fourth-order valence-electron chi connectivity index (χ4n) is 6.88. The SMILES string of the molecule is CCC1=C(C)C2=NC1=CC1=C(C)C3=C(O)CC(=C4NC(=CC5=NC(=C2)C(/C=C\CO)=C5C)[C@@H](C)[C@@H]4CCC(=O)OC)C3=N1. The van der Waals surface area contributed by atoms with E-state index in [1.54, 1.807) is 6.08 Å². The Kier molecular flexibility index (Phi) is 7.42. The van der Waals surface area contributed by atoms with E-state index in [9.17, 15) is 15.0 Å². The first kappa shape index (κ1) is 28.8. The van der Waals surface area contributed by atoms with Crippen LogP contribution in [0.15, 0.2) is 119 Å². The van der Waals surface area contributed by atoms with Crippen molar-refractivity contribution in [1.82, 2.24) is 5.32 Å². The molecule has 1 saturated heterocycles. The first-order valence-electron chi connectivity index (χ1n) is 15.0. The molecule has 1 aliphatic carbocycles. The third kappa shape index (κ3) is 4.74. The monoisotopic (exact) mass is 578 g/mol. The number of aliphatic hydroxyl groups is 2. The van der Waals surface area contributed by atoms with Gasteiger partial charge in [0, 0.05) is 52.8 Å². The van der Waals surface area contributed by atoms with Gasteiger partial charge in [0.25, 0.3) is 0 Å². The zero-order valence-corrected chi connectivity index (χ0v) is 25.6. The molecule has 0 aromatic heterocycles. The summed E-state index contributed by atoms with van der Waals surface area (Å²) in [5.74, 6) is 0.133. The van der Waals surface area contributed by atoms with Crippen LogP contribution in [0, 0.1) is 11.8 Å². The highest BCUT2D eigenvalue weighted by Gasteiger charge is 2.41. The molecule has 0 spiro atoms. The van der Waals surface area contributed by atoms with Crippen molar-refractivity contribution in [1.29, 1.82) is 0 Å². The molecule has 8 heteroatoms. The Morgan fingerprint density at radius 2 is 1.81 bits per heavy atom. The van der Waals surface area contributed by atoms with Crippen LogP contribution in [0.2, 0.25) is 0 Å². The van der Waals surface area contributed by atoms with Crippen LogP contribution in [0.25, 0.3) is 0 Å². The maximum atomic E-state index is 12.2. The van der Waals surface area contributed by atoms with Gasteiger partial charge in [0.05, 0.1) is 47.9 Å². The maximum Gasteiger partial charge on any atom is 0.305 e. The number of ether oxygens (including phenoxy) is 1. The van der Waals surface area contributed by atoms with E-state index in [1.807, 2.05) is 32.1 Å². The van der Waals surface area contributed by atoms with Crippen molar-refractivity contribution in [2.45, 2.75) is 60.3 Å². The lowest BCUT2D eigenvalue weighted by Crippen LogP contribution is -2.16. The summed E-state index contributed by atoms with van der Waals surface area (Å²) in [4.78, 5) is 27.4. The number of methoxy groups -OCH3 is 1. The summed E-state index contributed by atoms with van der Waals surface area (Å²) >= 11 is 0. The van der Waals surface area contributed by atoms with E-state index in [0.717, 1.165) is 91.1 Å². The average Bonchev–Trinajstić information content (AvgIpc) is 3.73. The van der Waals surface area contributed by atoms with Crippen LogP contribution in [0.1, 0.15) is 60.3 Å². The minimum atomic E-state index is -0.245. The molecular formula is C35H38N4O4. The number of aliphatic hydroxyl groups excluding tert-OH is 2. The van der Waals surface area contributed by atoms with Crippen molar-refractivity contribution >= 4 is 23.1 Å². The van der Waals surface area contributed by atoms with Gasteiger partial charge in [-0.2, -0.15) is 0 Å². The first-order valence-corrected chi connectivity index (χ1v) is 15.0. The maximum absolute atomic E-state index is 12.2. The summed E-state index contributed by atoms with van der Waals surface area (Å²) in [6.45, 7) is 10.4. The van der Waals surface area contributed by atoms with Crippen molar-refractivity contribution in [2.24, 2.45) is 26.8 Å². The molecule has 6 rings (SSSR count). The van der Waals surface area contributed by atoms with Crippen LogP contribution >= 0.6 is 0 Å². The Labute approximate surface area is 252 Å². The third-order valence-corrected chi connectivity index (χ3v) is 9.38. The largest absolute Gasteiger partial charge is 0.511 e. The number of rotatable bonds is 6. The topological polar surface area (TPSA) is 116 Å². The zero-order valence-electron chi connectivity index (χ0n) is 25.6. The average molecular weight is 579 g/mol. The van der Waals surface area contributed by atoms with Crippen molar-refractivity contribution in [3.63, 3.8) is 0 Å². The van der Waals surface area contributed by atoms with Crippen molar-refractivity contribution in [2.75, 3.05) is 13.7 Å². The molecule has 0 radical (unpaired) electrons. The number of hydrogen-bond acceptors (Lipinski definition) is 8. The number of allylic oxidation sites excluding steroid dienone is 12. The van der Waals surface area contributed by atoms with E-state index >= 15 is 0 Å². The van der Waals surface area contributed by atoms with Gasteiger partial charge in [0.15, 0.2) is 0 Å². The molecule has 0 amide bonds. The Morgan fingerprint density at radius 3 is 2.53 bits per heavy atom. The first-order chi connectivity index (χ1) is 20.7. The molecule has 8 nitrogen and oxygen atoms in total. The lowest BCUT2D eigenvalue weighted by atomic mass is 9.86. The fraction of sp³-hybridized carbons (Fsp3) is 0.371. The number of carbonyl (C=O) groups excluding carboxylic acids is 1. The minimum Gasteiger partial charge on any atom is -0.511 e. The van der Waals surface area contributed by atoms with Crippen LogP contribution in [-0.4, -0.2) is 47.0 Å². The van der Waals surface area contributed by atoms with Crippen LogP contribution in [0.5, 0.6) is 0 Å². The standard InChI is InChI=1S/C35H38N4O4/c1-7-21-17(2)26-15-30-22(9-8-12-40)18(3)25(37-30)14-27-19(4)23(10-11-32(42)43-6)34(38-27)24-13-31(41)33-20(5)28(39-35(24)33)16-29(21)36-26/h8-9,14-16,19,23,38,40-41H,7,10-13H2,1-6H3/b9-8-,27-14?,29-16?,30-15?,34-24?/t19-,23-/m0/s1. The highest BCUT2D eigenvalue weighted by Crippen LogP contribution is 2.46. The molecule has 222 valence electrons. The number of nitrogens with one attached hydrogen (secondary N) is 1. The van der Waals surface area contributed by atoms with Crippen LogP contribution in [0.3, 0.4) is 0 Å². The summed E-state index contributed by atoms with van der Waals surface area (Å²) < 4.78 is 4.97. The van der Waals surface area contributed by atoms with E-state index in [1.165, 1.54) is 7.11 Å². The van der Waals surface area contributed by atoms with Gasteiger partial charge in [-0.05, 0) is 74.1 Å². The summed E-state index contributed by atoms with van der Waals surface area (Å²) in [5, 5.41) is 24.5. The Hall–Kier alpha value is -4.30. The normalized spacial score (nSPS) is 24.6. The van der Waals surface area contributed by atoms with Crippen molar-refractivity contribution in [3.05, 3.63) is 104 Å². The number of hydrogen-bond donors (Lipinski definition) is 3. The molecule has 0 saturated carbocycles. The van der Waals surface area contributed by atoms with Gasteiger partial charge in [-0.25, -0.2) is 15.0 Å². The fourth-order valence-corrected chi connectivity index (χ4v) is 6.88. The smallest absolute Gasteiger partial charge is 0.305 e. The molecule has 0 aromatic rings. The quantitative estimate of drug-likeness (QED) is 0.327. The number of esters is 1. The lowest BCUT2D eigenvalue weighted by Gasteiger charge is -2.17. The van der Waals surface area contributed by atoms with Crippen molar-refractivity contribution < 1.29 is 19.7 Å². The van der Waals surface area contributed by atoms with Gasteiger partial charge in [0.1, 0.15) is 5.76 Å². The molecule has 0 aromatic carbocycles.